The maximum Gasteiger partial charge on any atom is 0.131 e. The summed E-state index contributed by atoms with van der Waals surface area (Å²) in [7, 11) is 0. The van der Waals surface area contributed by atoms with E-state index in [4.69, 9.17) is 10.7 Å². The number of rotatable bonds is 11. The zero-order valence-electron chi connectivity index (χ0n) is 24.1. The molecule has 41 heavy (non-hydrogen) atoms. The third-order valence-electron chi connectivity index (χ3n) is 6.82. The first-order chi connectivity index (χ1) is 20.0. The summed E-state index contributed by atoms with van der Waals surface area (Å²) >= 11 is 0. The van der Waals surface area contributed by atoms with Gasteiger partial charge < -0.3 is 16.0 Å². The van der Waals surface area contributed by atoms with Crippen molar-refractivity contribution in [3.05, 3.63) is 156 Å². The fraction of sp³-hybridized carbons (Fsp3) is 0.108. The summed E-state index contributed by atoms with van der Waals surface area (Å²) in [6.45, 7) is 14.3. The maximum absolute atomic E-state index is 6.49. The van der Waals surface area contributed by atoms with E-state index in [1.54, 1.807) is 0 Å². The minimum absolute atomic E-state index is 0.482. The molecule has 4 heteroatoms. The number of allylic oxidation sites excluding steroid dienone is 4. The molecule has 0 amide bonds. The Hall–Kier alpha value is -5.09. The molecule has 0 aromatic heterocycles. The smallest absolute Gasteiger partial charge is 0.131 e. The lowest BCUT2D eigenvalue weighted by molar-refractivity contribution is 1.13. The molecule has 0 atom stereocenters. The van der Waals surface area contributed by atoms with Crippen LogP contribution in [0.3, 0.4) is 0 Å². The Bertz CT molecular complexity index is 1590. The van der Waals surface area contributed by atoms with Gasteiger partial charge in [-0.25, -0.2) is 4.99 Å². The molecule has 4 aromatic carbocycles. The van der Waals surface area contributed by atoms with Crippen LogP contribution in [0.5, 0.6) is 0 Å². The Balaban J connectivity index is 1.87. The molecule has 0 aliphatic rings. The third kappa shape index (κ3) is 6.74. The Kier molecular flexibility index (Phi) is 9.74. The summed E-state index contributed by atoms with van der Waals surface area (Å²) in [6, 6.07) is 30.7. The molecule has 0 spiro atoms. The van der Waals surface area contributed by atoms with Crippen molar-refractivity contribution in [3.63, 3.8) is 0 Å². The molecule has 3 N–H and O–H groups in total. The molecule has 0 radical (unpaired) electrons. The van der Waals surface area contributed by atoms with E-state index < -0.39 is 0 Å². The van der Waals surface area contributed by atoms with Crippen LogP contribution in [0.4, 0.5) is 28.4 Å². The average molecular weight is 539 g/mol. The zero-order valence-corrected chi connectivity index (χ0v) is 24.1. The van der Waals surface area contributed by atoms with Gasteiger partial charge in [0.05, 0.1) is 17.1 Å². The van der Waals surface area contributed by atoms with Crippen LogP contribution >= 0.6 is 0 Å². The van der Waals surface area contributed by atoms with E-state index in [9.17, 15) is 0 Å². The zero-order chi connectivity index (χ0) is 29.2. The third-order valence-corrected chi connectivity index (χ3v) is 6.82. The second-order valence-electron chi connectivity index (χ2n) is 9.58. The van der Waals surface area contributed by atoms with E-state index in [-0.39, 0.29) is 0 Å². The topological polar surface area (TPSA) is 53.6 Å². The second-order valence-corrected chi connectivity index (χ2v) is 9.58. The Morgan fingerprint density at radius 2 is 1.63 bits per heavy atom. The molecule has 4 aromatic rings. The second kappa shape index (κ2) is 13.8. The number of nitrogens with zero attached hydrogens (tertiary/aromatic N) is 2. The molecule has 0 heterocycles. The van der Waals surface area contributed by atoms with Crippen LogP contribution in [0.15, 0.2) is 139 Å². The largest absolute Gasteiger partial charge is 0.383 e. The van der Waals surface area contributed by atoms with Crippen molar-refractivity contribution in [3.8, 4) is 0 Å². The normalized spacial score (nSPS) is 11.9. The SMILES string of the molecule is C=C/C=C(\C=C/C)N(c1ccc(C(N)=Nc2ccccc2CC)cc1)c1c(C)ccc(C=C)c1Nc1ccccc1. The summed E-state index contributed by atoms with van der Waals surface area (Å²) in [5.41, 5.74) is 16.4. The van der Waals surface area contributed by atoms with E-state index >= 15 is 0 Å². The molecule has 0 bridgehead atoms. The van der Waals surface area contributed by atoms with Crippen LogP contribution in [0.1, 0.15) is 36.1 Å². The molecule has 206 valence electrons. The number of aliphatic imine (C=N–C) groups is 1. The van der Waals surface area contributed by atoms with E-state index in [1.807, 2.05) is 79.8 Å². The van der Waals surface area contributed by atoms with Gasteiger partial charge in [-0.05, 0) is 91.6 Å². The number of anilines is 4. The summed E-state index contributed by atoms with van der Waals surface area (Å²) in [6.07, 6.45) is 10.7. The average Bonchev–Trinajstić information content (AvgIpc) is 3.00. The highest BCUT2D eigenvalue weighted by atomic mass is 15.2. The Labute approximate surface area is 244 Å². The first-order valence-electron chi connectivity index (χ1n) is 13.9. The van der Waals surface area contributed by atoms with Crippen molar-refractivity contribution in [2.75, 3.05) is 10.2 Å². The molecular weight excluding hydrogens is 500 g/mol. The van der Waals surface area contributed by atoms with Crippen LogP contribution in [-0.2, 0) is 6.42 Å². The fourth-order valence-electron chi connectivity index (χ4n) is 4.76. The lowest BCUT2D eigenvalue weighted by Crippen LogP contribution is -2.19. The predicted molar refractivity (Wildman–Crippen MR) is 179 cm³/mol. The fourth-order valence-corrected chi connectivity index (χ4v) is 4.76. The number of amidine groups is 1. The van der Waals surface area contributed by atoms with Gasteiger partial charge in [-0.15, -0.1) is 0 Å². The van der Waals surface area contributed by atoms with Crippen molar-refractivity contribution < 1.29 is 0 Å². The molecule has 0 unspecified atom stereocenters. The summed E-state index contributed by atoms with van der Waals surface area (Å²) in [4.78, 5) is 6.98. The van der Waals surface area contributed by atoms with Gasteiger partial charge in [0.15, 0.2) is 0 Å². The molecular formula is C37H38N4. The highest BCUT2D eigenvalue weighted by Crippen LogP contribution is 2.42. The van der Waals surface area contributed by atoms with Crippen LogP contribution in [-0.4, -0.2) is 5.84 Å². The van der Waals surface area contributed by atoms with Crippen molar-refractivity contribution in [1.29, 1.82) is 0 Å². The number of aryl methyl sites for hydroxylation is 2. The van der Waals surface area contributed by atoms with Gasteiger partial charge in [0.1, 0.15) is 5.84 Å². The lowest BCUT2D eigenvalue weighted by atomic mass is 10.0. The van der Waals surface area contributed by atoms with Crippen molar-refractivity contribution in [1.82, 2.24) is 0 Å². The van der Waals surface area contributed by atoms with Gasteiger partial charge in [-0.1, -0.05) is 86.8 Å². The van der Waals surface area contributed by atoms with Gasteiger partial charge >= 0.3 is 0 Å². The quantitative estimate of drug-likeness (QED) is 0.113. The standard InChI is InChI=1S/C37H38N4/c1-6-15-32(16-7-2)41(36-27(5)21-22-29(9-4)35(36)39-31-18-11-10-12-19-31)33-25-23-30(24-26-33)37(38)40-34-20-14-13-17-28(34)8-3/h6-7,9-26,39H,1,4,8H2,2-3,5H3,(H2,38,40)/b16-7-,32-15+. The maximum atomic E-state index is 6.49. The van der Waals surface area contributed by atoms with Gasteiger partial charge in [0, 0.05) is 22.6 Å². The number of nitrogens with two attached hydrogens (primary N) is 1. The van der Waals surface area contributed by atoms with E-state index in [0.717, 1.165) is 57.2 Å². The summed E-state index contributed by atoms with van der Waals surface area (Å²) < 4.78 is 0. The van der Waals surface area contributed by atoms with Crippen molar-refractivity contribution in [2.45, 2.75) is 27.2 Å². The molecule has 0 saturated heterocycles. The van der Waals surface area contributed by atoms with Crippen LogP contribution in [0.2, 0.25) is 0 Å². The minimum Gasteiger partial charge on any atom is -0.383 e. The van der Waals surface area contributed by atoms with E-state index in [0.29, 0.717) is 5.84 Å². The highest BCUT2D eigenvalue weighted by molar-refractivity contribution is 6.00. The van der Waals surface area contributed by atoms with Crippen LogP contribution in [0, 0.1) is 6.92 Å². The number of nitrogens with one attached hydrogen (secondary N) is 1. The minimum atomic E-state index is 0.482. The summed E-state index contributed by atoms with van der Waals surface area (Å²) in [5, 5.41) is 3.66. The molecule has 0 saturated carbocycles. The molecule has 0 fully saturated rings. The monoisotopic (exact) mass is 538 g/mol. The molecule has 0 aliphatic carbocycles. The Morgan fingerprint density at radius 1 is 0.927 bits per heavy atom. The lowest BCUT2D eigenvalue weighted by Gasteiger charge is -2.31. The van der Waals surface area contributed by atoms with Gasteiger partial charge in [0.2, 0.25) is 0 Å². The Morgan fingerprint density at radius 3 is 2.29 bits per heavy atom. The van der Waals surface area contributed by atoms with Gasteiger partial charge in [-0.3, -0.25) is 0 Å². The van der Waals surface area contributed by atoms with Gasteiger partial charge in [0.25, 0.3) is 0 Å². The first kappa shape index (κ1) is 28.9. The van der Waals surface area contributed by atoms with Gasteiger partial charge in [-0.2, -0.15) is 0 Å². The highest BCUT2D eigenvalue weighted by Gasteiger charge is 2.21. The van der Waals surface area contributed by atoms with E-state index in [1.165, 1.54) is 5.56 Å². The van der Waals surface area contributed by atoms with Crippen LogP contribution < -0.4 is 16.0 Å². The van der Waals surface area contributed by atoms with Crippen molar-refractivity contribution in [2.24, 2.45) is 10.7 Å². The van der Waals surface area contributed by atoms with E-state index in [2.05, 4.69) is 85.8 Å². The number of hydrogen-bond donors (Lipinski definition) is 2. The molecule has 0 aliphatic heterocycles. The number of hydrogen-bond acceptors (Lipinski definition) is 3. The number of para-hydroxylation sites is 2. The van der Waals surface area contributed by atoms with Crippen LogP contribution in [0.25, 0.3) is 6.08 Å². The first-order valence-corrected chi connectivity index (χ1v) is 13.9. The molecule has 4 rings (SSSR count). The number of benzene rings is 4. The van der Waals surface area contributed by atoms with Crippen molar-refractivity contribution >= 4 is 40.3 Å². The molecule has 4 nitrogen and oxygen atoms in total. The predicted octanol–water partition coefficient (Wildman–Crippen LogP) is 9.77. The summed E-state index contributed by atoms with van der Waals surface area (Å²) in [5.74, 6) is 0.482.